The first-order valence-electron chi connectivity index (χ1n) is 13.5. The van der Waals surface area contributed by atoms with Crippen molar-refractivity contribution in [3.63, 3.8) is 0 Å². The minimum atomic E-state index is -3.83. The van der Waals surface area contributed by atoms with Crippen molar-refractivity contribution in [3.8, 4) is 0 Å². The fourth-order valence-electron chi connectivity index (χ4n) is 5.16. The number of hydrogen-bond donors (Lipinski definition) is 3. The monoisotopic (exact) mass is 554 g/mol. The third kappa shape index (κ3) is 8.18. The highest BCUT2D eigenvalue weighted by Crippen LogP contribution is 2.45. The van der Waals surface area contributed by atoms with Crippen LogP contribution in [-0.2, 0) is 29.1 Å². The lowest BCUT2D eigenvalue weighted by Crippen LogP contribution is -2.58. The predicted octanol–water partition coefficient (Wildman–Crippen LogP) is 2.12. The molecule has 3 N–H and O–H groups in total. The lowest BCUT2D eigenvalue weighted by molar-refractivity contribution is -0.141. The van der Waals surface area contributed by atoms with Crippen molar-refractivity contribution >= 4 is 33.8 Å². The maximum atomic E-state index is 13.6. The minimum absolute atomic E-state index is 0.278. The Morgan fingerprint density at radius 3 is 2.45 bits per heavy atom. The summed E-state index contributed by atoms with van der Waals surface area (Å²) in [7, 11) is -3.83. The van der Waals surface area contributed by atoms with Crippen LogP contribution in [0, 0.1) is 5.92 Å². The highest BCUT2D eigenvalue weighted by molar-refractivity contribution is 7.89. The van der Waals surface area contributed by atoms with Crippen LogP contribution in [0.25, 0.3) is 0 Å². The predicted molar refractivity (Wildman–Crippen MR) is 141 cm³/mol. The van der Waals surface area contributed by atoms with Gasteiger partial charge in [-0.2, -0.15) is 0 Å². The van der Waals surface area contributed by atoms with Gasteiger partial charge >= 0.3 is 6.09 Å². The number of allylic oxidation sites excluding steroid dienone is 1. The second-order valence-electron chi connectivity index (χ2n) is 11.6. The van der Waals surface area contributed by atoms with Crippen LogP contribution in [0.5, 0.6) is 0 Å². The molecule has 38 heavy (non-hydrogen) atoms. The number of nitrogens with zero attached hydrogens (tertiary/aromatic N) is 1. The zero-order valence-corrected chi connectivity index (χ0v) is 23.7. The third-order valence-electron chi connectivity index (χ3n) is 7.10. The Kier molecular flexibility index (Phi) is 9.48. The van der Waals surface area contributed by atoms with Gasteiger partial charge in [-0.3, -0.25) is 19.1 Å². The third-order valence-corrected chi connectivity index (χ3v) is 7.66. The van der Waals surface area contributed by atoms with Gasteiger partial charge in [-0.05, 0) is 59.3 Å². The molecule has 0 radical (unpaired) electrons. The summed E-state index contributed by atoms with van der Waals surface area (Å²) in [6.07, 6.45) is 11.1. The van der Waals surface area contributed by atoms with Crippen molar-refractivity contribution in [1.29, 1.82) is 0 Å². The van der Waals surface area contributed by atoms with E-state index in [2.05, 4.69) is 10.6 Å². The molecule has 3 aliphatic rings. The first-order chi connectivity index (χ1) is 17.7. The van der Waals surface area contributed by atoms with Crippen molar-refractivity contribution in [2.24, 2.45) is 5.92 Å². The fourth-order valence-corrected chi connectivity index (χ4v) is 5.68. The zero-order valence-electron chi connectivity index (χ0n) is 22.9. The average Bonchev–Trinajstić information content (AvgIpc) is 3.24. The van der Waals surface area contributed by atoms with Crippen LogP contribution >= 0.6 is 0 Å². The molecule has 3 rings (SSSR count). The Morgan fingerprint density at radius 1 is 1.08 bits per heavy atom. The maximum absolute atomic E-state index is 13.6. The summed E-state index contributed by atoms with van der Waals surface area (Å²) in [5, 5.41) is 5.50. The number of ether oxygens (including phenoxy) is 1. The van der Waals surface area contributed by atoms with Crippen LogP contribution in [0.3, 0.4) is 0 Å². The summed E-state index contributed by atoms with van der Waals surface area (Å²) < 4.78 is 30.9. The minimum Gasteiger partial charge on any atom is -0.444 e. The summed E-state index contributed by atoms with van der Waals surface area (Å²) in [6, 6.07) is -1.67. The highest BCUT2D eigenvalue weighted by Gasteiger charge is 2.61. The summed E-state index contributed by atoms with van der Waals surface area (Å²) >= 11 is 0. The summed E-state index contributed by atoms with van der Waals surface area (Å²) in [5.74, 6) is -1.98. The number of rotatable bonds is 3. The van der Waals surface area contributed by atoms with E-state index in [0.717, 1.165) is 44.8 Å². The maximum Gasteiger partial charge on any atom is 0.408 e. The van der Waals surface area contributed by atoms with Gasteiger partial charge in [-0.25, -0.2) is 13.2 Å². The number of sulfonamides is 1. The first-order valence-corrected chi connectivity index (χ1v) is 15.4. The molecule has 4 atom stereocenters. The summed E-state index contributed by atoms with van der Waals surface area (Å²) in [5.41, 5.74) is -2.11. The van der Waals surface area contributed by atoms with Gasteiger partial charge in [-0.15, -0.1) is 0 Å². The second-order valence-corrected chi connectivity index (χ2v) is 13.4. The molecule has 2 aliphatic heterocycles. The standard InChI is InChI=1S/C26H42N4O7S/c1-25(2,3)37-24(34)27-19-14-11-9-7-5-6-8-10-13-18-17-26(18,23(33)29-38(4,35)36)28-21(31)20-15-12-16-30(20)22(19)32/h10,13,18-20H,5-9,11-12,14-17H2,1-4H3,(H,27,34)(H,28,31)(H,29,33)/b13-10-/t18-,19?,20+,26-/m1/s1. The Balaban J connectivity index is 1.84. The van der Waals surface area contributed by atoms with Crippen molar-refractivity contribution in [3.05, 3.63) is 12.2 Å². The van der Waals surface area contributed by atoms with Gasteiger partial charge in [0.05, 0.1) is 6.26 Å². The van der Waals surface area contributed by atoms with E-state index >= 15 is 0 Å². The van der Waals surface area contributed by atoms with Crippen molar-refractivity contribution < 1.29 is 32.3 Å². The van der Waals surface area contributed by atoms with E-state index in [1.165, 1.54) is 4.90 Å². The normalized spacial score (nSPS) is 30.2. The number of carbonyl (C=O) groups is 4. The van der Waals surface area contributed by atoms with E-state index in [0.29, 0.717) is 25.8 Å². The lowest BCUT2D eigenvalue weighted by Gasteiger charge is -2.30. The lowest BCUT2D eigenvalue weighted by atomic mass is 10.0. The molecule has 214 valence electrons. The van der Waals surface area contributed by atoms with Gasteiger partial charge in [-0.1, -0.05) is 37.8 Å². The first kappa shape index (κ1) is 29.9. The fraction of sp³-hybridized carbons (Fsp3) is 0.769. The molecule has 0 aromatic rings. The van der Waals surface area contributed by atoms with Gasteiger partial charge in [0.1, 0.15) is 23.2 Å². The molecule has 1 saturated heterocycles. The molecular weight excluding hydrogens is 512 g/mol. The van der Waals surface area contributed by atoms with Gasteiger partial charge in [0, 0.05) is 12.5 Å². The average molecular weight is 555 g/mol. The SMILES string of the molecule is CC(C)(C)OC(=O)NC1CCCCCCC/C=C\[C@@H]2C[C@@]2(C(=O)NS(C)(=O)=O)NC(=O)[C@@H]2CCCN2C1=O. The van der Waals surface area contributed by atoms with Crippen LogP contribution in [0.4, 0.5) is 4.79 Å². The molecule has 11 nitrogen and oxygen atoms in total. The van der Waals surface area contributed by atoms with Gasteiger partial charge in [0.2, 0.25) is 21.8 Å². The number of carbonyl (C=O) groups excluding carboxylic acids is 4. The molecule has 4 amide bonds. The molecule has 0 aromatic carbocycles. The largest absolute Gasteiger partial charge is 0.444 e. The molecular formula is C26H42N4O7S. The van der Waals surface area contributed by atoms with E-state index in [1.807, 2.05) is 16.9 Å². The molecule has 0 aromatic heterocycles. The van der Waals surface area contributed by atoms with Crippen LogP contribution in [0.1, 0.15) is 85.0 Å². The summed E-state index contributed by atoms with van der Waals surface area (Å²) in [6.45, 7) is 5.57. The van der Waals surface area contributed by atoms with Gasteiger partial charge < -0.3 is 20.3 Å². The molecule has 0 bridgehead atoms. The van der Waals surface area contributed by atoms with E-state index < -0.39 is 51.2 Å². The zero-order chi connectivity index (χ0) is 28.1. The Bertz CT molecular complexity index is 1050. The number of alkyl carbamates (subject to hydrolysis) is 1. The Hall–Kier alpha value is -2.63. The van der Waals surface area contributed by atoms with E-state index in [4.69, 9.17) is 4.74 Å². The number of fused-ring (bicyclic) bond motifs is 2. The molecule has 1 aliphatic carbocycles. The molecule has 12 heteroatoms. The van der Waals surface area contributed by atoms with Crippen molar-refractivity contribution in [2.75, 3.05) is 12.8 Å². The van der Waals surface area contributed by atoms with Crippen LogP contribution in [-0.4, -0.2) is 73.2 Å². The quantitative estimate of drug-likeness (QED) is 0.452. The number of amides is 4. The Labute approximate surface area is 225 Å². The van der Waals surface area contributed by atoms with Gasteiger partial charge in [0.15, 0.2) is 0 Å². The molecule has 2 fully saturated rings. The number of nitrogens with one attached hydrogen (secondary N) is 3. The van der Waals surface area contributed by atoms with Crippen LogP contribution in [0.2, 0.25) is 0 Å². The van der Waals surface area contributed by atoms with E-state index in [-0.39, 0.29) is 18.2 Å². The second kappa shape index (κ2) is 12.0. The smallest absolute Gasteiger partial charge is 0.408 e. The van der Waals surface area contributed by atoms with Gasteiger partial charge in [0.25, 0.3) is 5.91 Å². The molecule has 1 saturated carbocycles. The topological polar surface area (TPSA) is 151 Å². The van der Waals surface area contributed by atoms with Crippen LogP contribution in [0.15, 0.2) is 12.2 Å². The van der Waals surface area contributed by atoms with Crippen molar-refractivity contribution in [1.82, 2.24) is 20.3 Å². The van der Waals surface area contributed by atoms with Crippen molar-refractivity contribution in [2.45, 2.75) is 108 Å². The number of hydrogen-bond acceptors (Lipinski definition) is 7. The Morgan fingerprint density at radius 2 is 1.76 bits per heavy atom. The van der Waals surface area contributed by atoms with Crippen LogP contribution < -0.4 is 15.4 Å². The molecule has 0 spiro atoms. The summed E-state index contributed by atoms with van der Waals surface area (Å²) in [4.78, 5) is 54.0. The molecule has 1 unspecified atom stereocenters. The molecule has 2 heterocycles. The van der Waals surface area contributed by atoms with E-state index in [9.17, 15) is 27.6 Å². The van der Waals surface area contributed by atoms with E-state index in [1.54, 1.807) is 20.8 Å². The highest BCUT2D eigenvalue weighted by atomic mass is 32.2.